The monoisotopic (exact) mass is 621 g/mol. The minimum absolute atomic E-state index is 0.0816. The summed E-state index contributed by atoms with van der Waals surface area (Å²) in [5.74, 6) is -4.95. The number of rotatable bonds is 12. The summed E-state index contributed by atoms with van der Waals surface area (Å²) >= 11 is 0. The van der Waals surface area contributed by atoms with Crippen LogP contribution in [-0.4, -0.2) is 76.0 Å². The molecule has 234 valence electrons. The standard InChI is InChI=1S/C26H26F3N7O8/c1-13(2)20(38)34-25-33-19-18(22(40)35-25)31-15(10-30-19)11-36(24(42)26(27,28)29)16-6-4-14(5-7-16)21(39)32-17(23(41)43-3)8-9-44-12-37/h4-7,10,12-13,17H,8-9,11H2,1-3H3,(H,32,39)(H2,30,33,34,35,38,40)/t17-/m0/s1. The Morgan fingerprint density at radius 1 is 1.11 bits per heavy atom. The van der Waals surface area contributed by atoms with Crippen molar-refractivity contribution in [2.45, 2.75) is 39.0 Å². The molecular formula is C26H26F3N7O8. The summed E-state index contributed by atoms with van der Waals surface area (Å²) in [7, 11) is 1.08. The van der Waals surface area contributed by atoms with Gasteiger partial charge in [-0.05, 0) is 24.3 Å². The minimum atomic E-state index is -5.31. The van der Waals surface area contributed by atoms with Crippen molar-refractivity contribution in [3.63, 3.8) is 0 Å². The summed E-state index contributed by atoms with van der Waals surface area (Å²) in [5, 5.41) is 4.77. The highest BCUT2D eigenvalue weighted by atomic mass is 19.4. The number of halogens is 3. The van der Waals surface area contributed by atoms with Crippen molar-refractivity contribution >= 4 is 53.0 Å². The maximum Gasteiger partial charge on any atom is 0.471 e. The molecule has 44 heavy (non-hydrogen) atoms. The molecule has 18 heteroatoms. The molecule has 0 saturated carbocycles. The average molecular weight is 622 g/mol. The normalized spacial score (nSPS) is 11.9. The maximum absolute atomic E-state index is 13.5. The van der Waals surface area contributed by atoms with Crippen LogP contribution in [0, 0.1) is 5.92 Å². The zero-order chi connectivity index (χ0) is 32.6. The smallest absolute Gasteiger partial charge is 0.468 e. The molecule has 3 amide bonds. The van der Waals surface area contributed by atoms with E-state index in [4.69, 9.17) is 0 Å². The molecule has 1 atom stereocenters. The zero-order valence-electron chi connectivity index (χ0n) is 23.4. The fourth-order valence-corrected chi connectivity index (χ4v) is 3.61. The SMILES string of the molecule is COC(=O)[C@H](CCOC=O)NC(=O)c1ccc(N(Cc2cnc3nc(NC(=O)C(C)C)[nH]c(=O)c3n2)C(=O)C(F)(F)F)cc1. The van der Waals surface area contributed by atoms with Crippen LogP contribution in [-0.2, 0) is 35.2 Å². The van der Waals surface area contributed by atoms with Crippen molar-refractivity contribution in [2.24, 2.45) is 5.92 Å². The average Bonchev–Trinajstić information content (AvgIpc) is 2.98. The lowest BCUT2D eigenvalue weighted by molar-refractivity contribution is -0.170. The molecule has 2 heterocycles. The first kappa shape index (κ1) is 33.1. The van der Waals surface area contributed by atoms with E-state index in [1.807, 2.05) is 0 Å². The summed E-state index contributed by atoms with van der Waals surface area (Å²) < 4.78 is 49.7. The zero-order valence-corrected chi connectivity index (χ0v) is 23.4. The van der Waals surface area contributed by atoms with E-state index in [0.29, 0.717) is 4.90 Å². The molecule has 0 spiro atoms. The Morgan fingerprint density at radius 3 is 2.39 bits per heavy atom. The Hall–Kier alpha value is -5.42. The first-order chi connectivity index (χ1) is 20.7. The predicted molar refractivity (Wildman–Crippen MR) is 145 cm³/mol. The number of carbonyl (C=O) groups excluding carboxylic acids is 5. The lowest BCUT2D eigenvalue weighted by Gasteiger charge is -2.24. The number of amides is 3. The van der Waals surface area contributed by atoms with Crippen LogP contribution < -0.4 is 21.1 Å². The Balaban J connectivity index is 1.87. The number of aromatic amines is 1. The van der Waals surface area contributed by atoms with Gasteiger partial charge in [0, 0.05) is 23.6 Å². The first-order valence-corrected chi connectivity index (χ1v) is 12.7. The number of methoxy groups -OCH3 is 1. The third kappa shape index (κ3) is 8.33. The van der Waals surface area contributed by atoms with Gasteiger partial charge in [0.05, 0.1) is 32.2 Å². The number of benzene rings is 1. The molecule has 2 aromatic heterocycles. The topological polar surface area (TPSA) is 203 Å². The van der Waals surface area contributed by atoms with Gasteiger partial charge in [0.25, 0.3) is 17.9 Å². The van der Waals surface area contributed by atoms with Gasteiger partial charge in [-0.25, -0.2) is 14.8 Å². The molecule has 0 aliphatic rings. The van der Waals surface area contributed by atoms with Gasteiger partial charge in [-0.2, -0.15) is 18.2 Å². The van der Waals surface area contributed by atoms with Crippen LogP contribution in [0.2, 0.25) is 0 Å². The van der Waals surface area contributed by atoms with Crippen LogP contribution in [0.4, 0.5) is 24.8 Å². The summed E-state index contributed by atoms with van der Waals surface area (Å²) in [6.45, 7) is 2.42. The van der Waals surface area contributed by atoms with Gasteiger partial charge in [0.2, 0.25) is 11.9 Å². The maximum atomic E-state index is 13.5. The van der Waals surface area contributed by atoms with E-state index >= 15 is 0 Å². The second-order valence-electron chi connectivity index (χ2n) is 9.33. The predicted octanol–water partition coefficient (Wildman–Crippen LogP) is 1.24. The van der Waals surface area contributed by atoms with E-state index in [1.54, 1.807) is 13.8 Å². The molecule has 3 N–H and O–H groups in total. The Morgan fingerprint density at radius 2 is 1.80 bits per heavy atom. The van der Waals surface area contributed by atoms with Gasteiger partial charge in [0.1, 0.15) is 6.04 Å². The molecule has 0 radical (unpaired) electrons. The lowest BCUT2D eigenvalue weighted by atomic mass is 10.1. The van der Waals surface area contributed by atoms with Crippen LogP contribution >= 0.6 is 0 Å². The van der Waals surface area contributed by atoms with Gasteiger partial charge in [0.15, 0.2) is 11.2 Å². The highest BCUT2D eigenvalue weighted by molar-refractivity contribution is 5.99. The second-order valence-corrected chi connectivity index (χ2v) is 9.33. The molecular weight excluding hydrogens is 595 g/mol. The number of fused-ring (bicyclic) bond motifs is 1. The Bertz CT molecular complexity index is 1610. The fraction of sp³-hybridized carbons (Fsp3) is 0.346. The number of aromatic nitrogens is 4. The molecule has 0 unspecified atom stereocenters. The number of nitrogens with zero attached hydrogens (tertiary/aromatic N) is 4. The Kier molecular flexibility index (Phi) is 10.7. The number of esters is 1. The number of anilines is 2. The number of nitrogens with one attached hydrogen (secondary N) is 3. The van der Waals surface area contributed by atoms with Gasteiger partial charge < -0.3 is 14.8 Å². The number of carbonyl (C=O) groups is 5. The van der Waals surface area contributed by atoms with Crippen molar-refractivity contribution in [1.82, 2.24) is 25.3 Å². The summed E-state index contributed by atoms with van der Waals surface area (Å²) in [4.78, 5) is 86.4. The molecule has 0 aliphatic heterocycles. The molecule has 3 aromatic rings. The molecule has 0 fully saturated rings. The molecule has 3 rings (SSSR count). The van der Waals surface area contributed by atoms with Gasteiger partial charge >= 0.3 is 18.1 Å². The van der Waals surface area contributed by atoms with E-state index in [9.17, 15) is 41.9 Å². The van der Waals surface area contributed by atoms with Crippen molar-refractivity contribution in [2.75, 3.05) is 23.9 Å². The first-order valence-electron chi connectivity index (χ1n) is 12.7. The highest BCUT2D eigenvalue weighted by Crippen LogP contribution is 2.26. The van der Waals surface area contributed by atoms with E-state index in [0.717, 1.165) is 37.6 Å². The quantitative estimate of drug-likeness (QED) is 0.149. The van der Waals surface area contributed by atoms with Crippen LogP contribution in [0.25, 0.3) is 11.2 Å². The molecule has 0 aliphatic carbocycles. The van der Waals surface area contributed by atoms with Gasteiger partial charge in [-0.1, -0.05) is 13.8 Å². The molecule has 0 bridgehead atoms. The third-order valence-electron chi connectivity index (χ3n) is 5.87. The van der Waals surface area contributed by atoms with Crippen LogP contribution in [0.5, 0.6) is 0 Å². The van der Waals surface area contributed by atoms with Crippen molar-refractivity contribution in [3.05, 3.63) is 52.1 Å². The van der Waals surface area contributed by atoms with Gasteiger partial charge in [-0.3, -0.25) is 39.2 Å². The number of H-pyrrole nitrogens is 1. The van der Waals surface area contributed by atoms with Crippen LogP contribution in [0.1, 0.15) is 36.3 Å². The van der Waals surface area contributed by atoms with Crippen molar-refractivity contribution in [3.8, 4) is 0 Å². The van der Waals surface area contributed by atoms with Crippen LogP contribution in [0.15, 0.2) is 35.3 Å². The fourth-order valence-electron chi connectivity index (χ4n) is 3.61. The number of hydrogen-bond acceptors (Lipinski definition) is 11. The van der Waals surface area contributed by atoms with E-state index in [-0.39, 0.29) is 53.6 Å². The largest absolute Gasteiger partial charge is 0.471 e. The summed E-state index contributed by atoms with van der Waals surface area (Å²) in [5.41, 5.74) is -1.97. The summed E-state index contributed by atoms with van der Waals surface area (Å²) in [6, 6.07) is 3.17. The van der Waals surface area contributed by atoms with E-state index < -0.39 is 53.9 Å². The Labute approximate surface area is 246 Å². The van der Waals surface area contributed by atoms with E-state index in [2.05, 4.69) is 40.0 Å². The minimum Gasteiger partial charge on any atom is -0.468 e. The second kappa shape index (κ2) is 14.2. The van der Waals surface area contributed by atoms with E-state index in [1.165, 1.54) is 0 Å². The number of alkyl halides is 3. The lowest BCUT2D eigenvalue weighted by Crippen LogP contribution is -2.42. The number of hydrogen-bond donors (Lipinski definition) is 3. The molecule has 1 aromatic carbocycles. The van der Waals surface area contributed by atoms with Crippen molar-refractivity contribution in [1.29, 1.82) is 0 Å². The highest BCUT2D eigenvalue weighted by Gasteiger charge is 2.43. The molecule has 15 nitrogen and oxygen atoms in total. The number of ether oxygens (including phenoxy) is 2. The van der Waals surface area contributed by atoms with Gasteiger partial charge in [-0.15, -0.1) is 0 Å². The van der Waals surface area contributed by atoms with Crippen molar-refractivity contribution < 1.29 is 46.6 Å². The van der Waals surface area contributed by atoms with Crippen LogP contribution in [0.3, 0.4) is 0 Å². The summed E-state index contributed by atoms with van der Waals surface area (Å²) in [6.07, 6.45) is -4.40. The molecule has 0 saturated heterocycles. The third-order valence-corrected chi connectivity index (χ3v) is 5.87.